The lowest BCUT2D eigenvalue weighted by molar-refractivity contribution is 0.393. The van der Waals surface area contributed by atoms with Crippen molar-refractivity contribution in [2.75, 3.05) is 0 Å². The molecule has 0 radical (unpaired) electrons. The van der Waals surface area contributed by atoms with Crippen LogP contribution in [0, 0.1) is 0 Å². The summed E-state index contributed by atoms with van der Waals surface area (Å²) < 4.78 is 4.84. The van der Waals surface area contributed by atoms with Crippen LogP contribution >= 0.6 is 0 Å². The van der Waals surface area contributed by atoms with Gasteiger partial charge in [0.25, 0.3) is 0 Å². The first-order chi connectivity index (χ1) is 8.93. The van der Waals surface area contributed by atoms with E-state index in [1.165, 1.54) is 22.3 Å². The summed E-state index contributed by atoms with van der Waals surface area (Å²) >= 11 is 0. The van der Waals surface area contributed by atoms with Gasteiger partial charge < -0.3 is 4.52 Å². The molecular formula is C15H10N2O. The van der Waals surface area contributed by atoms with E-state index in [0.29, 0.717) is 0 Å². The number of hydrogen-bond donors (Lipinski definition) is 0. The van der Waals surface area contributed by atoms with Gasteiger partial charge in [-0.25, -0.2) is 0 Å². The van der Waals surface area contributed by atoms with E-state index in [1.54, 1.807) is 6.26 Å². The van der Waals surface area contributed by atoms with Crippen molar-refractivity contribution in [3.8, 4) is 22.4 Å². The van der Waals surface area contributed by atoms with Crippen LogP contribution in [0.5, 0.6) is 0 Å². The quantitative estimate of drug-likeness (QED) is 0.507. The molecule has 0 saturated carbocycles. The average molecular weight is 234 g/mol. The molecule has 1 aliphatic rings. The molecule has 1 heterocycles. The lowest BCUT2D eigenvalue weighted by atomic mass is 10.00. The fraction of sp³-hybridized carbons (Fsp3) is 0.0667. The minimum absolute atomic E-state index is 0.805. The second-order valence-corrected chi connectivity index (χ2v) is 4.46. The summed E-state index contributed by atoms with van der Waals surface area (Å²) in [6, 6.07) is 14.8. The fourth-order valence-corrected chi connectivity index (χ4v) is 2.68. The van der Waals surface area contributed by atoms with Gasteiger partial charge in [0, 0.05) is 10.8 Å². The van der Waals surface area contributed by atoms with Crippen molar-refractivity contribution in [2.45, 2.75) is 6.42 Å². The zero-order chi connectivity index (χ0) is 11.9. The van der Waals surface area contributed by atoms with Gasteiger partial charge in [-0.15, -0.1) is 5.10 Å². The molecule has 3 aromatic rings. The first-order valence-electron chi connectivity index (χ1n) is 5.91. The van der Waals surface area contributed by atoms with Gasteiger partial charge in [0.15, 0.2) is 6.26 Å². The van der Waals surface area contributed by atoms with Crippen molar-refractivity contribution < 1.29 is 4.52 Å². The molecule has 1 aliphatic carbocycles. The van der Waals surface area contributed by atoms with E-state index in [2.05, 4.69) is 52.8 Å². The summed E-state index contributed by atoms with van der Waals surface area (Å²) in [5.41, 5.74) is 7.23. The monoisotopic (exact) mass is 234 g/mol. The molecule has 1 aromatic heterocycles. The van der Waals surface area contributed by atoms with Gasteiger partial charge in [-0.05, 0) is 28.7 Å². The third kappa shape index (κ3) is 1.24. The van der Waals surface area contributed by atoms with Crippen molar-refractivity contribution in [3.05, 3.63) is 59.9 Å². The van der Waals surface area contributed by atoms with E-state index in [4.69, 9.17) is 4.52 Å². The minimum atomic E-state index is 0.805. The zero-order valence-corrected chi connectivity index (χ0v) is 9.63. The number of nitrogens with zero attached hydrogens (tertiary/aromatic N) is 2. The van der Waals surface area contributed by atoms with Crippen LogP contribution in [0.2, 0.25) is 0 Å². The molecule has 86 valence electrons. The first kappa shape index (κ1) is 9.59. The Balaban J connectivity index is 1.97. The van der Waals surface area contributed by atoms with Crippen molar-refractivity contribution in [1.29, 1.82) is 0 Å². The van der Waals surface area contributed by atoms with Gasteiger partial charge in [-0.3, -0.25) is 0 Å². The van der Waals surface area contributed by atoms with Crippen LogP contribution in [0.3, 0.4) is 0 Å². The Labute approximate surface area is 104 Å². The van der Waals surface area contributed by atoms with Crippen LogP contribution in [-0.4, -0.2) is 10.4 Å². The van der Waals surface area contributed by atoms with E-state index in [0.717, 1.165) is 17.7 Å². The predicted molar refractivity (Wildman–Crippen MR) is 68.0 cm³/mol. The van der Waals surface area contributed by atoms with Crippen molar-refractivity contribution in [3.63, 3.8) is 0 Å². The van der Waals surface area contributed by atoms with Gasteiger partial charge >= 0.3 is 0 Å². The molecular weight excluding hydrogens is 224 g/mol. The third-order valence-corrected chi connectivity index (χ3v) is 3.49. The molecule has 0 N–H and O–H groups in total. The number of fused-ring (bicyclic) bond motifs is 3. The molecule has 0 atom stereocenters. The predicted octanol–water partition coefficient (Wildman–Crippen LogP) is 3.31. The van der Waals surface area contributed by atoms with Crippen LogP contribution in [0.4, 0.5) is 0 Å². The summed E-state index contributed by atoms with van der Waals surface area (Å²) in [5.74, 6) is 0. The summed E-state index contributed by atoms with van der Waals surface area (Å²) in [4.78, 5) is 0. The molecule has 0 saturated heterocycles. The largest absolute Gasteiger partial charge is 0.345 e. The molecule has 0 amide bonds. The summed E-state index contributed by atoms with van der Waals surface area (Å²) in [5, 5.41) is 7.56. The van der Waals surface area contributed by atoms with Gasteiger partial charge in [0.1, 0.15) is 5.69 Å². The maximum Gasteiger partial charge on any atom is 0.152 e. The van der Waals surface area contributed by atoms with E-state index < -0.39 is 0 Å². The van der Waals surface area contributed by atoms with Crippen molar-refractivity contribution in [2.24, 2.45) is 0 Å². The summed E-state index contributed by atoms with van der Waals surface area (Å²) in [6.07, 6.45) is 2.55. The second kappa shape index (κ2) is 3.53. The highest BCUT2D eigenvalue weighted by Gasteiger charge is 2.21. The molecule has 0 aliphatic heterocycles. The van der Waals surface area contributed by atoms with E-state index in [-0.39, 0.29) is 0 Å². The fourth-order valence-electron chi connectivity index (χ4n) is 2.68. The molecule has 0 bridgehead atoms. The average Bonchev–Trinajstić information content (AvgIpc) is 3.05. The Morgan fingerprint density at radius 2 is 1.72 bits per heavy atom. The Kier molecular flexibility index (Phi) is 1.88. The first-order valence-corrected chi connectivity index (χ1v) is 5.91. The lowest BCUT2D eigenvalue weighted by Crippen LogP contribution is -1.88. The van der Waals surface area contributed by atoms with Crippen molar-refractivity contribution in [1.82, 2.24) is 10.4 Å². The molecule has 0 spiro atoms. The van der Waals surface area contributed by atoms with E-state index in [1.807, 2.05) is 0 Å². The lowest BCUT2D eigenvalue weighted by Gasteiger charge is -2.04. The smallest absolute Gasteiger partial charge is 0.152 e. The van der Waals surface area contributed by atoms with Crippen LogP contribution in [0.15, 0.2) is 53.3 Å². The highest BCUT2D eigenvalue weighted by molar-refractivity contribution is 5.83. The highest BCUT2D eigenvalue weighted by atomic mass is 16.5. The number of rotatable bonds is 1. The second-order valence-electron chi connectivity index (χ2n) is 4.46. The minimum Gasteiger partial charge on any atom is -0.345 e. The zero-order valence-electron chi connectivity index (χ0n) is 9.63. The molecule has 0 fully saturated rings. The molecule has 3 nitrogen and oxygen atoms in total. The van der Waals surface area contributed by atoms with Crippen LogP contribution in [-0.2, 0) is 6.42 Å². The van der Waals surface area contributed by atoms with Crippen LogP contribution in [0.1, 0.15) is 11.1 Å². The Morgan fingerprint density at radius 1 is 0.889 bits per heavy atom. The van der Waals surface area contributed by atoms with Crippen LogP contribution < -0.4 is 0 Å². The van der Waals surface area contributed by atoms with E-state index >= 15 is 0 Å². The standard InChI is InChI=1S/C15H10N2O/c1-2-5-11-10(4-1)8-14-12(11)6-3-7-13(14)15-9-18-17-16-15/h1-7,9H,8H2. The van der Waals surface area contributed by atoms with Gasteiger partial charge in [0.05, 0.1) is 0 Å². The topological polar surface area (TPSA) is 38.9 Å². The third-order valence-electron chi connectivity index (χ3n) is 3.49. The Bertz CT molecular complexity index is 717. The van der Waals surface area contributed by atoms with Gasteiger partial charge in [-0.2, -0.15) is 0 Å². The van der Waals surface area contributed by atoms with Gasteiger partial charge in [0.2, 0.25) is 0 Å². The SMILES string of the molecule is c1ccc2c(c1)Cc1c(-c3conn3)cccc1-2. The maximum atomic E-state index is 4.84. The Morgan fingerprint density at radius 3 is 2.61 bits per heavy atom. The maximum absolute atomic E-state index is 4.84. The molecule has 4 rings (SSSR count). The van der Waals surface area contributed by atoms with Crippen LogP contribution in [0.25, 0.3) is 22.4 Å². The number of benzene rings is 2. The molecule has 0 unspecified atom stereocenters. The molecule has 18 heavy (non-hydrogen) atoms. The number of aromatic nitrogens is 2. The summed E-state index contributed by atoms with van der Waals surface area (Å²) in [7, 11) is 0. The molecule has 2 aromatic carbocycles. The summed E-state index contributed by atoms with van der Waals surface area (Å²) in [6.45, 7) is 0. The van der Waals surface area contributed by atoms with Crippen molar-refractivity contribution >= 4 is 0 Å². The molecule has 3 heteroatoms. The highest BCUT2D eigenvalue weighted by Crippen LogP contribution is 2.40. The number of hydrogen-bond acceptors (Lipinski definition) is 3. The Hall–Kier alpha value is -2.42. The van der Waals surface area contributed by atoms with Gasteiger partial charge in [-0.1, -0.05) is 42.5 Å². The van der Waals surface area contributed by atoms with E-state index in [9.17, 15) is 0 Å². The normalized spacial score (nSPS) is 12.2.